The first-order valence-corrected chi connectivity index (χ1v) is 9.59. The fraction of sp³-hybridized carbons (Fsp3) is 0.143. The fourth-order valence-electron chi connectivity index (χ4n) is 2.34. The van der Waals surface area contributed by atoms with E-state index in [2.05, 4.69) is 11.4 Å². The monoisotopic (exact) mass is 417 g/mol. The van der Waals surface area contributed by atoms with Gasteiger partial charge in [-0.25, -0.2) is 14.0 Å². The van der Waals surface area contributed by atoms with Gasteiger partial charge in [-0.05, 0) is 37.4 Å². The van der Waals surface area contributed by atoms with Gasteiger partial charge in [-0.2, -0.15) is 0 Å². The number of hydrogen-bond acceptors (Lipinski definition) is 5. The normalized spacial score (nSPS) is 11.9. The molecule has 0 fully saturated rings. The van der Waals surface area contributed by atoms with Gasteiger partial charge in [-0.1, -0.05) is 18.2 Å². The summed E-state index contributed by atoms with van der Waals surface area (Å²) in [5.74, 6) is -0.345. The van der Waals surface area contributed by atoms with Crippen molar-refractivity contribution in [2.24, 2.45) is 0 Å². The third-order valence-corrected chi connectivity index (χ3v) is 4.67. The third kappa shape index (κ3) is 7.10. The van der Waals surface area contributed by atoms with Crippen LogP contribution < -0.4 is 10.1 Å². The Morgan fingerprint density at radius 1 is 1.10 bits per heavy atom. The fourth-order valence-corrected chi connectivity index (χ4v) is 3.39. The standard InChI is InChI=1S/C17H16FNOS.C4H4O4/c1-19-8-9-21-17-10-12-4-2-3-5-15(12)20-16-7-6-13(18)11-14(16)17;5-3(6)1-2-4(7)8/h2-7,10-11,19H,8-9H2,1H3;1-2H,(H,5,6)(H,7,8)/b;2-1-. The summed E-state index contributed by atoms with van der Waals surface area (Å²) in [5.41, 5.74) is 1.83. The van der Waals surface area contributed by atoms with Gasteiger partial charge in [0.2, 0.25) is 0 Å². The minimum atomic E-state index is -1.26. The maximum atomic E-state index is 13.6. The van der Waals surface area contributed by atoms with Crippen LogP contribution in [0, 0.1) is 5.82 Å². The molecule has 0 saturated carbocycles. The highest BCUT2D eigenvalue weighted by Gasteiger charge is 2.17. The molecule has 152 valence electrons. The van der Waals surface area contributed by atoms with Crippen molar-refractivity contribution in [2.45, 2.75) is 0 Å². The molecule has 8 heteroatoms. The highest BCUT2D eigenvalue weighted by molar-refractivity contribution is 8.08. The first-order valence-electron chi connectivity index (χ1n) is 8.60. The van der Waals surface area contributed by atoms with Crippen LogP contribution in [0.2, 0.25) is 0 Å². The van der Waals surface area contributed by atoms with E-state index >= 15 is 0 Å². The smallest absolute Gasteiger partial charge is 0.328 e. The van der Waals surface area contributed by atoms with E-state index in [1.807, 2.05) is 31.3 Å². The minimum Gasteiger partial charge on any atom is -0.478 e. The lowest BCUT2D eigenvalue weighted by atomic mass is 10.1. The lowest BCUT2D eigenvalue weighted by Crippen LogP contribution is -2.09. The van der Waals surface area contributed by atoms with Gasteiger partial charge in [-0.3, -0.25) is 0 Å². The number of carboxylic acid groups (broad SMARTS) is 2. The largest absolute Gasteiger partial charge is 0.478 e. The van der Waals surface area contributed by atoms with Crippen LogP contribution in [0.25, 0.3) is 11.0 Å². The first-order chi connectivity index (χ1) is 13.9. The van der Waals surface area contributed by atoms with Crippen LogP contribution in [0.5, 0.6) is 11.5 Å². The Balaban J connectivity index is 0.000000321. The summed E-state index contributed by atoms with van der Waals surface area (Å²) < 4.78 is 19.6. The molecule has 2 aromatic carbocycles. The molecule has 0 saturated heterocycles. The number of halogens is 1. The molecule has 0 aromatic heterocycles. The number of carbonyl (C=O) groups is 2. The van der Waals surface area contributed by atoms with E-state index in [1.54, 1.807) is 23.9 Å². The molecule has 0 unspecified atom stereocenters. The Morgan fingerprint density at radius 3 is 2.45 bits per heavy atom. The molecule has 0 atom stereocenters. The molecule has 0 radical (unpaired) electrons. The van der Waals surface area contributed by atoms with E-state index in [4.69, 9.17) is 14.9 Å². The van der Waals surface area contributed by atoms with Gasteiger partial charge < -0.3 is 20.3 Å². The van der Waals surface area contributed by atoms with Crippen molar-refractivity contribution >= 4 is 34.7 Å². The van der Waals surface area contributed by atoms with Crippen molar-refractivity contribution in [1.29, 1.82) is 0 Å². The van der Waals surface area contributed by atoms with Gasteiger partial charge in [0.15, 0.2) is 0 Å². The van der Waals surface area contributed by atoms with Gasteiger partial charge in [-0.15, -0.1) is 11.8 Å². The zero-order chi connectivity index (χ0) is 21.2. The highest BCUT2D eigenvalue weighted by atomic mass is 32.2. The molecule has 0 spiro atoms. The number of nitrogens with one attached hydrogen (secondary N) is 1. The summed E-state index contributed by atoms with van der Waals surface area (Å²) in [6.45, 7) is 0.898. The third-order valence-electron chi connectivity index (χ3n) is 3.61. The van der Waals surface area contributed by atoms with E-state index in [0.717, 1.165) is 34.1 Å². The molecule has 1 heterocycles. The Hall–Kier alpha value is -3.10. The Bertz CT molecular complexity index is 926. The summed E-state index contributed by atoms with van der Waals surface area (Å²) >= 11 is 1.70. The van der Waals surface area contributed by atoms with Crippen LogP contribution in [0.1, 0.15) is 11.1 Å². The van der Waals surface area contributed by atoms with Crippen LogP contribution in [0.4, 0.5) is 4.39 Å². The lowest BCUT2D eigenvalue weighted by molar-refractivity contribution is -0.134. The number of thioether (sulfide) groups is 1. The maximum absolute atomic E-state index is 13.6. The van der Waals surface area contributed by atoms with E-state index in [9.17, 15) is 14.0 Å². The zero-order valence-electron chi connectivity index (χ0n) is 15.6. The number of hydrogen-bond donors (Lipinski definition) is 3. The summed E-state index contributed by atoms with van der Waals surface area (Å²) in [6.07, 6.45) is 3.19. The van der Waals surface area contributed by atoms with Gasteiger partial charge in [0, 0.05) is 40.5 Å². The van der Waals surface area contributed by atoms with Gasteiger partial charge in [0.25, 0.3) is 0 Å². The average molecular weight is 417 g/mol. The number of fused-ring (bicyclic) bond motifs is 2. The topological polar surface area (TPSA) is 95.9 Å². The summed E-state index contributed by atoms with van der Waals surface area (Å²) in [7, 11) is 1.92. The number of carboxylic acids is 2. The second-order valence-electron chi connectivity index (χ2n) is 5.75. The van der Waals surface area contributed by atoms with Crippen LogP contribution in [0.3, 0.4) is 0 Å². The van der Waals surface area contributed by atoms with E-state index in [-0.39, 0.29) is 5.82 Å². The van der Waals surface area contributed by atoms with E-state index < -0.39 is 11.9 Å². The predicted molar refractivity (Wildman–Crippen MR) is 112 cm³/mol. The van der Waals surface area contributed by atoms with Crippen molar-refractivity contribution in [1.82, 2.24) is 5.32 Å². The molecule has 29 heavy (non-hydrogen) atoms. The molecule has 0 bridgehead atoms. The molecule has 3 N–H and O–H groups in total. The Kier molecular flexibility index (Phi) is 8.45. The second-order valence-corrected chi connectivity index (χ2v) is 6.89. The predicted octanol–water partition coefficient (Wildman–Crippen LogP) is 4.09. The SMILES string of the molecule is CNCCSC1=Cc2ccccc2Oc2ccc(F)cc21.O=C(O)/C=C\C(=O)O. The molecular weight excluding hydrogens is 397 g/mol. The van der Waals surface area contributed by atoms with Crippen molar-refractivity contribution in [3.63, 3.8) is 0 Å². The number of benzene rings is 2. The van der Waals surface area contributed by atoms with Crippen molar-refractivity contribution in [2.75, 3.05) is 19.3 Å². The van der Waals surface area contributed by atoms with E-state index in [1.165, 1.54) is 6.07 Å². The van der Waals surface area contributed by atoms with Crippen molar-refractivity contribution < 1.29 is 28.9 Å². The van der Waals surface area contributed by atoms with Gasteiger partial charge >= 0.3 is 11.9 Å². The number of ether oxygens (including phenoxy) is 1. The molecule has 0 amide bonds. The number of para-hydroxylation sites is 1. The number of aliphatic carboxylic acids is 2. The summed E-state index contributed by atoms with van der Waals surface area (Å²) in [4.78, 5) is 20.1. The molecule has 6 nitrogen and oxygen atoms in total. The molecule has 0 aliphatic carbocycles. The molecule has 2 aromatic rings. The Labute approximate surface area is 171 Å². The molecule has 3 rings (SSSR count). The number of rotatable bonds is 6. The minimum absolute atomic E-state index is 0.247. The average Bonchev–Trinajstić information content (AvgIpc) is 2.83. The second kappa shape index (κ2) is 11.0. The lowest BCUT2D eigenvalue weighted by Gasteiger charge is -2.11. The van der Waals surface area contributed by atoms with Gasteiger partial charge in [0.1, 0.15) is 17.3 Å². The summed E-state index contributed by atoms with van der Waals surface area (Å²) in [6, 6.07) is 12.5. The molecule has 1 aliphatic rings. The van der Waals surface area contributed by atoms with Gasteiger partial charge in [0.05, 0.1) is 0 Å². The quantitative estimate of drug-likeness (QED) is 0.481. The zero-order valence-corrected chi connectivity index (χ0v) is 16.4. The van der Waals surface area contributed by atoms with Crippen molar-refractivity contribution in [3.05, 3.63) is 71.6 Å². The highest BCUT2D eigenvalue weighted by Crippen LogP contribution is 2.42. The molecular formula is C21H20FNO5S. The molecule has 1 aliphatic heterocycles. The Morgan fingerprint density at radius 2 is 1.79 bits per heavy atom. The van der Waals surface area contributed by atoms with Crippen LogP contribution in [-0.4, -0.2) is 41.5 Å². The summed E-state index contributed by atoms with van der Waals surface area (Å²) in [5, 5.41) is 18.7. The van der Waals surface area contributed by atoms with Crippen LogP contribution in [0.15, 0.2) is 54.6 Å². The first kappa shape index (κ1) is 22.2. The van der Waals surface area contributed by atoms with E-state index in [0.29, 0.717) is 17.9 Å². The maximum Gasteiger partial charge on any atom is 0.328 e. The van der Waals surface area contributed by atoms with Crippen molar-refractivity contribution in [3.8, 4) is 11.5 Å². The van der Waals surface area contributed by atoms with Crippen LogP contribution in [-0.2, 0) is 9.59 Å². The van der Waals surface area contributed by atoms with Crippen LogP contribution >= 0.6 is 11.8 Å².